The van der Waals surface area contributed by atoms with Gasteiger partial charge in [0, 0.05) is 11.6 Å². The molecule has 0 spiro atoms. The van der Waals surface area contributed by atoms with E-state index in [-0.39, 0.29) is 6.04 Å². The Morgan fingerprint density at radius 3 is 2.38 bits per heavy atom. The molecule has 0 amide bonds. The summed E-state index contributed by atoms with van der Waals surface area (Å²) in [5.74, 6) is 3.21. The van der Waals surface area contributed by atoms with Crippen LogP contribution in [0.15, 0.2) is 42.5 Å². The van der Waals surface area contributed by atoms with Gasteiger partial charge >= 0.3 is 0 Å². The number of allylic oxidation sites excluding steroid dienone is 1. The molecule has 0 aliphatic carbocycles. The average molecular weight is 395 g/mol. The van der Waals surface area contributed by atoms with E-state index >= 15 is 0 Å². The van der Waals surface area contributed by atoms with Crippen LogP contribution in [0.5, 0.6) is 23.0 Å². The van der Waals surface area contributed by atoms with Gasteiger partial charge in [-0.3, -0.25) is 0 Å². The number of hydrogen-bond acceptors (Lipinski definition) is 8. The number of hydrogen-bond donors (Lipinski definition) is 1. The Labute approximate surface area is 167 Å². The van der Waals surface area contributed by atoms with Gasteiger partial charge in [0.2, 0.25) is 5.95 Å². The van der Waals surface area contributed by atoms with Crippen LogP contribution in [0.1, 0.15) is 17.2 Å². The number of ether oxygens (including phenoxy) is 4. The van der Waals surface area contributed by atoms with Gasteiger partial charge in [-0.1, -0.05) is 11.2 Å². The highest BCUT2D eigenvalue weighted by molar-refractivity contribution is 5.80. The van der Waals surface area contributed by atoms with Crippen molar-refractivity contribution in [3.63, 3.8) is 0 Å². The van der Waals surface area contributed by atoms with E-state index in [0.717, 1.165) is 16.8 Å². The van der Waals surface area contributed by atoms with E-state index in [1.807, 2.05) is 42.5 Å². The number of benzene rings is 2. The number of tetrazole rings is 1. The number of aromatic nitrogens is 4. The topological polar surface area (TPSA) is 92.6 Å². The minimum atomic E-state index is -0.247. The molecule has 0 unspecified atom stereocenters. The number of nitrogens with one attached hydrogen (secondary N) is 1. The molecule has 1 aromatic heterocycles. The predicted octanol–water partition coefficient (Wildman–Crippen LogP) is 2.76. The lowest BCUT2D eigenvalue weighted by atomic mass is 10.0. The summed E-state index contributed by atoms with van der Waals surface area (Å²) in [6.45, 7) is 0. The van der Waals surface area contributed by atoms with E-state index in [0.29, 0.717) is 28.9 Å². The minimum absolute atomic E-state index is 0.247. The van der Waals surface area contributed by atoms with Crippen molar-refractivity contribution in [3.05, 3.63) is 53.6 Å². The molecule has 150 valence electrons. The molecule has 0 saturated heterocycles. The summed E-state index contributed by atoms with van der Waals surface area (Å²) < 4.78 is 23.4. The van der Waals surface area contributed by atoms with Gasteiger partial charge in [-0.2, -0.15) is 4.68 Å². The Bertz CT molecular complexity index is 1060. The fourth-order valence-corrected chi connectivity index (χ4v) is 3.31. The monoisotopic (exact) mass is 395 g/mol. The number of rotatable bonds is 6. The summed E-state index contributed by atoms with van der Waals surface area (Å²) in [4.78, 5) is 0. The average Bonchev–Trinajstić information content (AvgIpc) is 3.26. The molecule has 0 saturated carbocycles. The van der Waals surface area contributed by atoms with Crippen LogP contribution < -0.4 is 24.3 Å². The Morgan fingerprint density at radius 2 is 1.66 bits per heavy atom. The van der Waals surface area contributed by atoms with Gasteiger partial charge in [0.15, 0.2) is 11.5 Å². The molecule has 0 bridgehead atoms. The fraction of sp³-hybridized carbons (Fsp3) is 0.250. The van der Waals surface area contributed by atoms with Crippen molar-refractivity contribution in [2.24, 2.45) is 0 Å². The third-order valence-corrected chi connectivity index (χ3v) is 4.78. The van der Waals surface area contributed by atoms with Crippen molar-refractivity contribution in [1.82, 2.24) is 20.2 Å². The van der Waals surface area contributed by atoms with Gasteiger partial charge in [0.05, 0.1) is 34.1 Å². The fourth-order valence-electron chi connectivity index (χ4n) is 3.31. The van der Waals surface area contributed by atoms with Crippen LogP contribution in [0.3, 0.4) is 0 Å². The molecular formula is C20H21N5O4. The summed E-state index contributed by atoms with van der Waals surface area (Å²) in [7, 11) is 6.46. The van der Waals surface area contributed by atoms with Gasteiger partial charge in [-0.25, -0.2) is 0 Å². The Balaban J connectivity index is 1.81. The van der Waals surface area contributed by atoms with Crippen LogP contribution in [-0.2, 0) is 0 Å². The van der Waals surface area contributed by atoms with E-state index in [1.54, 1.807) is 33.1 Å². The Hall–Kier alpha value is -3.75. The second-order valence-corrected chi connectivity index (χ2v) is 6.28. The zero-order chi connectivity index (χ0) is 20.4. The minimum Gasteiger partial charge on any atom is -0.497 e. The van der Waals surface area contributed by atoms with Crippen molar-refractivity contribution in [2.45, 2.75) is 6.04 Å². The number of nitrogens with zero attached hydrogens (tertiary/aromatic N) is 4. The maximum absolute atomic E-state index is 5.56. The number of anilines is 1. The zero-order valence-corrected chi connectivity index (χ0v) is 16.5. The highest BCUT2D eigenvalue weighted by atomic mass is 16.5. The van der Waals surface area contributed by atoms with Crippen molar-refractivity contribution in [2.75, 3.05) is 33.8 Å². The van der Waals surface area contributed by atoms with Crippen LogP contribution in [-0.4, -0.2) is 48.6 Å². The molecule has 0 fully saturated rings. The van der Waals surface area contributed by atoms with Gasteiger partial charge in [-0.05, 0) is 46.3 Å². The molecule has 2 aromatic carbocycles. The van der Waals surface area contributed by atoms with Gasteiger partial charge in [0.1, 0.15) is 17.5 Å². The van der Waals surface area contributed by atoms with Crippen LogP contribution in [0.4, 0.5) is 5.95 Å². The lowest BCUT2D eigenvalue weighted by molar-refractivity contribution is 0.354. The van der Waals surface area contributed by atoms with Crippen LogP contribution >= 0.6 is 0 Å². The highest BCUT2D eigenvalue weighted by Gasteiger charge is 2.26. The Kier molecular flexibility index (Phi) is 4.94. The van der Waals surface area contributed by atoms with E-state index in [1.165, 1.54) is 0 Å². The van der Waals surface area contributed by atoms with Gasteiger partial charge in [-0.15, -0.1) is 0 Å². The summed E-state index contributed by atoms with van der Waals surface area (Å²) >= 11 is 0. The van der Waals surface area contributed by atoms with Crippen LogP contribution in [0.25, 0.3) is 5.70 Å². The molecule has 9 nitrogen and oxygen atoms in total. The van der Waals surface area contributed by atoms with Crippen LogP contribution in [0.2, 0.25) is 0 Å². The maximum Gasteiger partial charge on any atom is 0.248 e. The van der Waals surface area contributed by atoms with E-state index in [2.05, 4.69) is 20.8 Å². The predicted molar refractivity (Wildman–Crippen MR) is 107 cm³/mol. The molecule has 1 N–H and O–H groups in total. The van der Waals surface area contributed by atoms with E-state index in [4.69, 9.17) is 18.9 Å². The lowest BCUT2D eigenvalue weighted by Crippen LogP contribution is -2.20. The molecule has 4 rings (SSSR count). The van der Waals surface area contributed by atoms with Crippen molar-refractivity contribution in [1.29, 1.82) is 0 Å². The number of fused-ring (bicyclic) bond motifs is 1. The van der Waals surface area contributed by atoms with Crippen molar-refractivity contribution in [3.8, 4) is 23.0 Å². The molecule has 1 aliphatic rings. The SMILES string of the molecule is COc1ccc(C2=C[C@H](c3ccc(OC)c(OC)c3)n3nnnc3N2)c(OC)c1. The van der Waals surface area contributed by atoms with Crippen molar-refractivity contribution >= 4 is 11.6 Å². The second-order valence-electron chi connectivity index (χ2n) is 6.28. The molecule has 1 aliphatic heterocycles. The molecule has 2 heterocycles. The Morgan fingerprint density at radius 1 is 0.862 bits per heavy atom. The first kappa shape index (κ1) is 18.6. The molecule has 29 heavy (non-hydrogen) atoms. The molecule has 9 heteroatoms. The van der Waals surface area contributed by atoms with Gasteiger partial charge in [0.25, 0.3) is 0 Å². The second kappa shape index (κ2) is 7.70. The smallest absolute Gasteiger partial charge is 0.248 e. The highest BCUT2D eigenvalue weighted by Crippen LogP contribution is 2.38. The van der Waals surface area contributed by atoms with E-state index < -0.39 is 0 Å². The summed E-state index contributed by atoms with van der Waals surface area (Å²) in [5, 5.41) is 15.3. The largest absolute Gasteiger partial charge is 0.497 e. The third kappa shape index (κ3) is 3.31. The maximum atomic E-state index is 5.56. The molecule has 1 atom stereocenters. The van der Waals surface area contributed by atoms with Crippen LogP contribution in [0, 0.1) is 0 Å². The quantitative estimate of drug-likeness (QED) is 0.681. The zero-order valence-electron chi connectivity index (χ0n) is 16.5. The molecular weight excluding hydrogens is 374 g/mol. The number of methoxy groups -OCH3 is 4. The normalized spacial score (nSPS) is 15.0. The first-order valence-corrected chi connectivity index (χ1v) is 8.89. The van der Waals surface area contributed by atoms with Gasteiger partial charge < -0.3 is 24.3 Å². The molecule has 0 radical (unpaired) electrons. The standard InChI is InChI=1S/C20H21N5O4/c1-26-13-6-7-14(18(10-13)28-3)15-11-16(25-20(21-15)22-23-24-25)12-5-8-17(27-2)19(9-12)29-4/h5-11,16H,1-4H3,(H,21,22,24)/t16-/m1/s1. The summed E-state index contributed by atoms with van der Waals surface area (Å²) in [6.07, 6.45) is 2.04. The summed E-state index contributed by atoms with van der Waals surface area (Å²) in [5.41, 5.74) is 2.64. The third-order valence-electron chi connectivity index (χ3n) is 4.78. The summed E-state index contributed by atoms with van der Waals surface area (Å²) in [6, 6.07) is 11.1. The molecule has 3 aromatic rings. The first-order chi connectivity index (χ1) is 14.2. The van der Waals surface area contributed by atoms with E-state index in [9.17, 15) is 0 Å². The first-order valence-electron chi connectivity index (χ1n) is 8.89. The van der Waals surface area contributed by atoms with Crippen molar-refractivity contribution < 1.29 is 18.9 Å². The lowest BCUT2D eigenvalue weighted by Gasteiger charge is -2.25.